The normalized spacial score (nSPS) is 14.7. The van der Waals surface area contributed by atoms with Gasteiger partial charge in [-0.1, -0.05) is 17.3 Å². The molecular formula is C23H21F4N5O3. The molecule has 0 saturated carbocycles. The summed E-state index contributed by atoms with van der Waals surface area (Å²) in [6.07, 6.45) is -4.48. The van der Waals surface area contributed by atoms with Gasteiger partial charge in [0.1, 0.15) is 5.82 Å². The summed E-state index contributed by atoms with van der Waals surface area (Å²) in [6, 6.07) is 8.48. The first kappa shape index (κ1) is 24.3. The van der Waals surface area contributed by atoms with Crippen molar-refractivity contribution in [3.63, 3.8) is 0 Å². The van der Waals surface area contributed by atoms with Crippen molar-refractivity contribution in [2.24, 2.45) is 0 Å². The van der Waals surface area contributed by atoms with Crippen molar-refractivity contribution in [2.45, 2.75) is 19.6 Å². The predicted octanol–water partition coefficient (Wildman–Crippen LogP) is 3.81. The average Bonchev–Trinajstić information content (AvgIpc) is 3.28. The van der Waals surface area contributed by atoms with Gasteiger partial charge in [-0.05, 0) is 30.3 Å². The van der Waals surface area contributed by atoms with Crippen LogP contribution in [0.1, 0.15) is 28.7 Å². The molecule has 4 rings (SSSR count). The zero-order valence-corrected chi connectivity index (χ0v) is 18.6. The van der Waals surface area contributed by atoms with Crippen LogP contribution in [0.15, 0.2) is 47.0 Å². The number of benzene rings is 2. The molecule has 1 N–H and O–H groups in total. The lowest BCUT2D eigenvalue weighted by atomic mass is 10.1. The molecule has 0 spiro atoms. The van der Waals surface area contributed by atoms with E-state index in [1.165, 1.54) is 36.1 Å². The maximum Gasteiger partial charge on any atom is 0.416 e. The molecule has 184 valence electrons. The number of carbonyl (C=O) groups is 2. The number of rotatable bonds is 5. The molecule has 2 aromatic carbocycles. The third-order valence-electron chi connectivity index (χ3n) is 5.45. The molecule has 8 nitrogen and oxygen atoms in total. The van der Waals surface area contributed by atoms with E-state index in [2.05, 4.69) is 15.5 Å². The molecule has 1 aromatic heterocycles. The van der Waals surface area contributed by atoms with Crippen molar-refractivity contribution in [1.29, 1.82) is 0 Å². The molecule has 12 heteroatoms. The van der Waals surface area contributed by atoms with E-state index in [1.807, 2.05) is 4.90 Å². The highest BCUT2D eigenvalue weighted by Gasteiger charge is 2.31. The van der Waals surface area contributed by atoms with Gasteiger partial charge in [-0.15, -0.1) is 0 Å². The fraction of sp³-hybridized carbons (Fsp3) is 0.304. The minimum Gasteiger partial charge on any atom is -0.338 e. The van der Waals surface area contributed by atoms with Gasteiger partial charge in [0, 0.05) is 44.4 Å². The molecule has 0 unspecified atom stereocenters. The maximum absolute atomic E-state index is 14.2. The van der Waals surface area contributed by atoms with Crippen LogP contribution in [0.3, 0.4) is 0 Å². The Kier molecular flexibility index (Phi) is 6.83. The first-order chi connectivity index (χ1) is 16.6. The van der Waals surface area contributed by atoms with Crippen LogP contribution in [0.25, 0.3) is 11.4 Å². The van der Waals surface area contributed by atoms with Crippen molar-refractivity contribution in [3.05, 3.63) is 65.3 Å². The van der Waals surface area contributed by atoms with Gasteiger partial charge < -0.3 is 14.7 Å². The number of nitrogens with zero attached hydrogens (tertiary/aromatic N) is 4. The SMILES string of the molecule is CC(=O)Nc1ccc(F)c(C(=O)N2CCN(Cc3nc(-c4cccc(C(F)(F)F)c4)no3)CC2)c1. The maximum atomic E-state index is 14.2. The molecule has 0 bridgehead atoms. The second-order valence-corrected chi connectivity index (χ2v) is 8.03. The number of hydrogen-bond donors (Lipinski definition) is 1. The molecule has 3 aromatic rings. The summed E-state index contributed by atoms with van der Waals surface area (Å²) in [5.74, 6) is -1.22. The number of halogens is 4. The van der Waals surface area contributed by atoms with Crippen molar-refractivity contribution in [2.75, 3.05) is 31.5 Å². The average molecular weight is 491 g/mol. The van der Waals surface area contributed by atoms with Crippen molar-refractivity contribution in [3.8, 4) is 11.4 Å². The van der Waals surface area contributed by atoms with Gasteiger partial charge in [0.2, 0.25) is 17.6 Å². The van der Waals surface area contributed by atoms with E-state index >= 15 is 0 Å². The summed E-state index contributed by atoms with van der Waals surface area (Å²) in [6.45, 7) is 3.09. The summed E-state index contributed by atoms with van der Waals surface area (Å²) >= 11 is 0. The van der Waals surface area contributed by atoms with Gasteiger partial charge in [-0.2, -0.15) is 18.2 Å². The number of piperazine rings is 1. The fourth-order valence-electron chi connectivity index (χ4n) is 3.71. The molecule has 0 atom stereocenters. The number of hydrogen-bond acceptors (Lipinski definition) is 6. The molecule has 2 heterocycles. The second kappa shape index (κ2) is 9.82. The van der Waals surface area contributed by atoms with Gasteiger partial charge in [0.05, 0.1) is 17.7 Å². The Balaban J connectivity index is 1.36. The lowest BCUT2D eigenvalue weighted by Crippen LogP contribution is -2.48. The molecule has 35 heavy (non-hydrogen) atoms. The van der Waals surface area contributed by atoms with Crippen LogP contribution < -0.4 is 5.32 Å². The summed E-state index contributed by atoms with van der Waals surface area (Å²) < 4.78 is 58.3. The minimum absolute atomic E-state index is 0.0504. The largest absolute Gasteiger partial charge is 0.416 e. The third-order valence-corrected chi connectivity index (χ3v) is 5.45. The van der Waals surface area contributed by atoms with E-state index < -0.39 is 23.5 Å². The molecule has 1 aliphatic rings. The summed E-state index contributed by atoms with van der Waals surface area (Å²) in [4.78, 5) is 31.7. The number of anilines is 1. The quantitative estimate of drug-likeness (QED) is 0.546. The lowest BCUT2D eigenvalue weighted by molar-refractivity contribution is -0.137. The van der Waals surface area contributed by atoms with E-state index in [4.69, 9.17) is 4.52 Å². The zero-order chi connectivity index (χ0) is 25.2. The van der Waals surface area contributed by atoms with Gasteiger partial charge in [-0.25, -0.2) is 4.39 Å². The summed E-state index contributed by atoms with van der Waals surface area (Å²) in [5, 5.41) is 6.31. The van der Waals surface area contributed by atoms with Gasteiger partial charge >= 0.3 is 6.18 Å². The van der Waals surface area contributed by atoms with Crippen molar-refractivity contribution < 1.29 is 31.7 Å². The number of amides is 2. The zero-order valence-electron chi connectivity index (χ0n) is 18.6. The van der Waals surface area contributed by atoms with E-state index in [-0.39, 0.29) is 35.3 Å². The third kappa shape index (κ3) is 5.83. The van der Waals surface area contributed by atoms with Crippen LogP contribution in [-0.4, -0.2) is 57.9 Å². The molecule has 1 saturated heterocycles. The monoisotopic (exact) mass is 491 g/mol. The standard InChI is InChI=1S/C23H21F4N5O3/c1-14(33)28-17-5-6-19(24)18(12-17)22(34)32-9-7-31(8-10-32)13-20-29-21(30-35-20)15-3-2-4-16(11-15)23(25,26)27/h2-6,11-12H,7-10,13H2,1H3,(H,28,33). The van der Waals surface area contributed by atoms with Crippen LogP contribution in [0.5, 0.6) is 0 Å². The molecule has 1 aliphatic heterocycles. The molecule has 0 radical (unpaired) electrons. The summed E-state index contributed by atoms with van der Waals surface area (Å²) in [7, 11) is 0. The van der Waals surface area contributed by atoms with Gasteiger partial charge in [-0.3, -0.25) is 14.5 Å². The fourth-order valence-corrected chi connectivity index (χ4v) is 3.71. The van der Waals surface area contributed by atoms with Crippen molar-refractivity contribution in [1.82, 2.24) is 19.9 Å². The predicted molar refractivity (Wildman–Crippen MR) is 117 cm³/mol. The lowest BCUT2D eigenvalue weighted by Gasteiger charge is -2.34. The first-order valence-electron chi connectivity index (χ1n) is 10.7. The Bertz CT molecular complexity index is 1240. The smallest absolute Gasteiger partial charge is 0.338 e. The van der Waals surface area contributed by atoms with Gasteiger partial charge in [0.25, 0.3) is 5.91 Å². The molecule has 2 amide bonds. The van der Waals surface area contributed by atoms with E-state index in [0.29, 0.717) is 31.9 Å². The molecule has 0 aliphatic carbocycles. The molecule has 1 fully saturated rings. The minimum atomic E-state index is -4.48. The van der Waals surface area contributed by atoms with Gasteiger partial charge in [0.15, 0.2) is 0 Å². The number of carbonyl (C=O) groups excluding carboxylic acids is 2. The Morgan fingerprint density at radius 2 is 1.83 bits per heavy atom. The highest BCUT2D eigenvalue weighted by atomic mass is 19.4. The van der Waals surface area contributed by atoms with Crippen LogP contribution in [-0.2, 0) is 17.5 Å². The van der Waals surface area contributed by atoms with Crippen LogP contribution in [0, 0.1) is 5.82 Å². The Morgan fingerprint density at radius 1 is 1.09 bits per heavy atom. The second-order valence-electron chi connectivity index (χ2n) is 8.03. The Labute approximate surface area is 197 Å². The number of aromatic nitrogens is 2. The topological polar surface area (TPSA) is 91.6 Å². The van der Waals surface area contributed by atoms with Crippen LogP contribution in [0.2, 0.25) is 0 Å². The van der Waals surface area contributed by atoms with Crippen LogP contribution in [0.4, 0.5) is 23.2 Å². The van der Waals surface area contributed by atoms with Crippen molar-refractivity contribution >= 4 is 17.5 Å². The first-order valence-corrected chi connectivity index (χ1v) is 10.7. The number of alkyl halides is 3. The molecular weight excluding hydrogens is 470 g/mol. The highest BCUT2D eigenvalue weighted by molar-refractivity contribution is 5.97. The van der Waals surface area contributed by atoms with E-state index in [1.54, 1.807) is 0 Å². The van der Waals surface area contributed by atoms with E-state index in [9.17, 15) is 27.2 Å². The number of nitrogens with one attached hydrogen (secondary N) is 1. The van der Waals surface area contributed by atoms with Crippen LogP contribution >= 0.6 is 0 Å². The Hall–Kier alpha value is -3.80. The van der Waals surface area contributed by atoms with E-state index in [0.717, 1.165) is 18.2 Å². The summed E-state index contributed by atoms with van der Waals surface area (Å²) in [5.41, 5.74) is -0.420. The highest BCUT2D eigenvalue weighted by Crippen LogP contribution is 2.31. The Morgan fingerprint density at radius 3 is 2.51 bits per heavy atom.